The first kappa shape index (κ1) is 10.7. The summed E-state index contributed by atoms with van der Waals surface area (Å²) in [5.74, 6) is -0.842. The molecule has 0 saturated heterocycles. The molecule has 0 bridgehead atoms. The van der Waals surface area contributed by atoms with Crippen LogP contribution in [0, 0.1) is 6.92 Å². The number of carboxylic acid groups (broad SMARTS) is 1. The lowest BCUT2D eigenvalue weighted by Crippen LogP contribution is -2.26. The molecule has 1 aromatic carbocycles. The van der Waals surface area contributed by atoms with Gasteiger partial charge in [-0.05, 0) is 24.5 Å². The number of carbonyl (C=O) groups is 1. The Balaban J connectivity index is 2.60. The molecule has 0 aliphatic carbocycles. The van der Waals surface area contributed by atoms with Crippen molar-refractivity contribution in [3.05, 3.63) is 35.4 Å². The molecule has 0 aliphatic rings. The molecule has 3 nitrogen and oxygen atoms in total. The number of carboxylic acids is 1. The summed E-state index contributed by atoms with van der Waals surface area (Å²) in [5, 5.41) is 8.55. The average molecular weight is 193 g/mol. The molecule has 0 heterocycles. The minimum Gasteiger partial charge on any atom is -0.481 e. The van der Waals surface area contributed by atoms with E-state index in [4.69, 9.17) is 10.8 Å². The van der Waals surface area contributed by atoms with Gasteiger partial charge in [0.1, 0.15) is 0 Å². The summed E-state index contributed by atoms with van der Waals surface area (Å²) in [5.41, 5.74) is 7.98. The van der Waals surface area contributed by atoms with Gasteiger partial charge < -0.3 is 10.8 Å². The second-order valence-corrected chi connectivity index (χ2v) is 3.49. The van der Waals surface area contributed by atoms with E-state index in [1.807, 2.05) is 31.2 Å². The monoisotopic (exact) mass is 193 g/mol. The summed E-state index contributed by atoms with van der Waals surface area (Å²) in [4.78, 5) is 10.4. The zero-order valence-electron chi connectivity index (χ0n) is 8.23. The molecule has 0 unspecified atom stereocenters. The van der Waals surface area contributed by atoms with E-state index in [1.54, 1.807) is 0 Å². The van der Waals surface area contributed by atoms with Crippen molar-refractivity contribution in [1.82, 2.24) is 0 Å². The van der Waals surface area contributed by atoms with Crippen LogP contribution in [0.5, 0.6) is 0 Å². The Bertz CT molecular complexity index is 323. The number of benzene rings is 1. The quantitative estimate of drug-likeness (QED) is 0.758. The molecule has 1 atom stereocenters. The molecule has 0 spiro atoms. The van der Waals surface area contributed by atoms with Crippen LogP contribution in [0.2, 0.25) is 0 Å². The van der Waals surface area contributed by atoms with Crippen LogP contribution in [0.15, 0.2) is 24.3 Å². The second kappa shape index (κ2) is 4.77. The molecule has 0 saturated carbocycles. The molecule has 0 fully saturated rings. The van der Waals surface area contributed by atoms with E-state index in [2.05, 4.69) is 0 Å². The lowest BCUT2D eigenvalue weighted by Gasteiger charge is -2.10. The maximum Gasteiger partial charge on any atom is 0.304 e. The van der Waals surface area contributed by atoms with Crippen molar-refractivity contribution in [1.29, 1.82) is 0 Å². The Labute approximate surface area is 83.6 Å². The van der Waals surface area contributed by atoms with E-state index in [9.17, 15) is 4.79 Å². The molecule has 1 rings (SSSR count). The van der Waals surface area contributed by atoms with E-state index in [-0.39, 0.29) is 12.5 Å². The van der Waals surface area contributed by atoms with Crippen LogP contribution in [0.3, 0.4) is 0 Å². The van der Waals surface area contributed by atoms with Gasteiger partial charge in [-0.15, -0.1) is 0 Å². The van der Waals surface area contributed by atoms with Crippen molar-refractivity contribution in [2.24, 2.45) is 5.73 Å². The van der Waals surface area contributed by atoms with E-state index >= 15 is 0 Å². The van der Waals surface area contributed by atoms with E-state index < -0.39 is 5.97 Å². The smallest absolute Gasteiger partial charge is 0.304 e. The highest BCUT2D eigenvalue weighted by molar-refractivity contribution is 5.67. The van der Waals surface area contributed by atoms with Gasteiger partial charge in [-0.3, -0.25) is 4.79 Å². The maximum atomic E-state index is 10.4. The summed E-state index contributed by atoms with van der Waals surface area (Å²) in [7, 11) is 0. The van der Waals surface area contributed by atoms with Gasteiger partial charge in [0.05, 0.1) is 6.42 Å². The summed E-state index contributed by atoms with van der Waals surface area (Å²) in [6, 6.07) is 7.59. The first-order valence-corrected chi connectivity index (χ1v) is 4.61. The van der Waals surface area contributed by atoms with Crippen molar-refractivity contribution >= 4 is 5.97 Å². The topological polar surface area (TPSA) is 63.3 Å². The molecule has 3 heteroatoms. The van der Waals surface area contributed by atoms with Gasteiger partial charge in [-0.1, -0.05) is 24.3 Å². The van der Waals surface area contributed by atoms with E-state index in [1.165, 1.54) is 0 Å². The molecule has 14 heavy (non-hydrogen) atoms. The summed E-state index contributed by atoms with van der Waals surface area (Å²) < 4.78 is 0. The molecular weight excluding hydrogens is 178 g/mol. The molecule has 76 valence electrons. The summed E-state index contributed by atoms with van der Waals surface area (Å²) in [6.07, 6.45) is 0.646. The molecule has 0 amide bonds. The zero-order valence-corrected chi connectivity index (χ0v) is 8.23. The van der Waals surface area contributed by atoms with Crippen molar-refractivity contribution in [3.63, 3.8) is 0 Å². The van der Waals surface area contributed by atoms with Crippen molar-refractivity contribution in [3.8, 4) is 0 Å². The van der Waals surface area contributed by atoms with Gasteiger partial charge in [0.25, 0.3) is 0 Å². The van der Waals surface area contributed by atoms with Gasteiger partial charge in [0, 0.05) is 6.04 Å². The zero-order chi connectivity index (χ0) is 10.6. The van der Waals surface area contributed by atoms with Gasteiger partial charge in [0.2, 0.25) is 0 Å². The highest BCUT2D eigenvalue weighted by Crippen LogP contribution is 2.10. The third-order valence-electron chi connectivity index (χ3n) is 2.18. The van der Waals surface area contributed by atoms with Crippen LogP contribution in [0.4, 0.5) is 0 Å². The van der Waals surface area contributed by atoms with Gasteiger partial charge >= 0.3 is 5.97 Å². The maximum absolute atomic E-state index is 10.4. The lowest BCUT2D eigenvalue weighted by molar-refractivity contribution is -0.137. The standard InChI is InChI=1S/C11H15NO2/c1-8-4-2-3-5-9(8)6-10(12)7-11(13)14/h2-5,10H,6-7,12H2,1H3,(H,13,14)/t10-/m0/s1. The highest BCUT2D eigenvalue weighted by atomic mass is 16.4. The Morgan fingerprint density at radius 2 is 2.14 bits per heavy atom. The number of nitrogens with two attached hydrogens (primary N) is 1. The summed E-state index contributed by atoms with van der Waals surface area (Å²) >= 11 is 0. The minimum absolute atomic E-state index is 0.0222. The number of hydrogen-bond acceptors (Lipinski definition) is 2. The van der Waals surface area contributed by atoms with Crippen LogP contribution in [0.25, 0.3) is 0 Å². The molecular formula is C11H15NO2. The number of aliphatic carboxylic acids is 1. The van der Waals surface area contributed by atoms with Crippen molar-refractivity contribution in [2.75, 3.05) is 0 Å². The van der Waals surface area contributed by atoms with Crippen LogP contribution in [0.1, 0.15) is 17.5 Å². The molecule has 1 aromatic rings. The van der Waals surface area contributed by atoms with Crippen molar-refractivity contribution < 1.29 is 9.90 Å². The largest absolute Gasteiger partial charge is 0.481 e. The lowest BCUT2D eigenvalue weighted by atomic mass is 10.00. The molecule has 3 N–H and O–H groups in total. The predicted molar refractivity (Wildman–Crippen MR) is 55.1 cm³/mol. The Morgan fingerprint density at radius 1 is 1.50 bits per heavy atom. The first-order valence-electron chi connectivity index (χ1n) is 4.61. The van der Waals surface area contributed by atoms with Crippen molar-refractivity contribution in [2.45, 2.75) is 25.8 Å². The fraction of sp³-hybridized carbons (Fsp3) is 0.364. The fourth-order valence-electron chi connectivity index (χ4n) is 1.42. The summed E-state index contributed by atoms with van der Waals surface area (Å²) in [6.45, 7) is 2.00. The molecule has 0 aliphatic heterocycles. The van der Waals surface area contributed by atoms with Crippen LogP contribution in [-0.4, -0.2) is 17.1 Å². The predicted octanol–water partition coefficient (Wildman–Crippen LogP) is 1.34. The number of aryl methyl sites for hydroxylation is 1. The average Bonchev–Trinajstić information content (AvgIpc) is 2.07. The second-order valence-electron chi connectivity index (χ2n) is 3.49. The fourth-order valence-corrected chi connectivity index (χ4v) is 1.42. The third kappa shape index (κ3) is 3.18. The van der Waals surface area contributed by atoms with Gasteiger partial charge in [0.15, 0.2) is 0 Å². The normalized spacial score (nSPS) is 12.4. The van der Waals surface area contributed by atoms with Crippen LogP contribution >= 0.6 is 0 Å². The third-order valence-corrected chi connectivity index (χ3v) is 2.18. The van der Waals surface area contributed by atoms with Crippen LogP contribution < -0.4 is 5.73 Å². The van der Waals surface area contributed by atoms with Gasteiger partial charge in [-0.25, -0.2) is 0 Å². The number of rotatable bonds is 4. The SMILES string of the molecule is Cc1ccccc1C[C@H](N)CC(=O)O. The first-order chi connectivity index (χ1) is 6.59. The minimum atomic E-state index is -0.842. The number of hydrogen-bond donors (Lipinski definition) is 2. The molecule has 0 radical (unpaired) electrons. The van der Waals surface area contributed by atoms with Crippen LogP contribution in [-0.2, 0) is 11.2 Å². The Hall–Kier alpha value is -1.35. The van der Waals surface area contributed by atoms with E-state index in [0.29, 0.717) is 6.42 Å². The Kier molecular flexibility index (Phi) is 3.65. The van der Waals surface area contributed by atoms with E-state index in [0.717, 1.165) is 11.1 Å². The Morgan fingerprint density at radius 3 is 2.71 bits per heavy atom. The molecule has 0 aromatic heterocycles. The van der Waals surface area contributed by atoms with Gasteiger partial charge in [-0.2, -0.15) is 0 Å². The highest BCUT2D eigenvalue weighted by Gasteiger charge is 2.09.